The van der Waals surface area contributed by atoms with Gasteiger partial charge in [0, 0.05) is 20.2 Å². The highest BCUT2D eigenvalue weighted by Crippen LogP contribution is 2.14. The maximum Gasteiger partial charge on any atom is 0.191 e. The van der Waals surface area contributed by atoms with Gasteiger partial charge < -0.3 is 19.9 Å². The molecule has 1 heterocycles. The minimum atomic E-state index is -0.309. The molecule has 9 heteroatoms. The summed E-state index contributed by atoms with van der Waals surface area (Å²) in [5.74, 6) is 2.53. The molecule has 1 atom stereocenters. The predicted octanol–water partition coefficient (Wildman–Crippen LogP) is 2.40. The fraction of sp³-hybridized carbons (Fsp3) is 0.471. The first-order chi connectivity index (χ1) is 12.0. The van der Waals surface area contributed by atoms with Crippen molar-refractivity contribution < 1.29 is 9.13 Å². The van der Waals surface area contributed by atoms with E-state index in [1.54, 1.807) is 19.2 Å². The number of rotatable bonds is 7. The van der Waals surface area contributed by atoms with Crippen LogP contribution in [-0.2, 0) is 13.6 Å². The Bertz CT molecular complexity index is 721. The van der Waals surface area contributed by atoms with Crippen LogP contribution in [0.5, 0.6) is 5.75 Å². The molecule has 7 nitrogen and oxygen atoms in total. The number of aromatic nitrogens is 3. The molecule has 1 aromatic carbocycles. The van der Waals surface area contributed by atoms with Crippen LogP contribution in [-0.4, -0.2) is 40.4 Å². The first-order valence-electron chi connectivity index (χ1n) is 8.25. The zero-order valence-corrected chi connectivity index (χ0v) is 17.8. The van der Waals surface area contributed by atoms with E-state index in [4.69, 9.17) is 4.74 Å². The zero-order chi connectivity index (χ0) is 18.2. The Morgan fingerprint density at radius 3 is 2.69 bits per heavy atom. The minimum Gasteiger partial charge on any atom is -0.489 e. The Kier molecular flexibility index (Phi) is 9.31. The van der Waals surface area contributed by atoms with Gasteiger partial charge in [0.05, 0.1) is 13.1 Å². The van der Waals surface area contributed by atoms with Crippen molar-refractivity contribution in [3.63, 3.8) is 0 Å². The number of guanidine groups is 1. The van der Waals surface area contributed by atoms with Gasteiger partial charge in [-0.3, -0.25) is 4.99 Å². The lowest BCUT2D eigenvalue weighted by atomic mass is 10.2. The third-order valence-corrected chi connectivity index (χ3v) is 3.87. The summed E-state index contributed by atoms with van der Waals surface area (Å²) < 4.78 is 21.0. The van der Waals surface area contributed by atoms with Crippen LogP contribution in [0.1, 0.15) is 25.0 Å². The summed E-state index contributed by atoms with van der Waals surface area (Å²) >= 11 is 0. The van der Waals surface area contributed by atoms with E-state index in [9.17, 15) is 4.39 Å². The quantitative estimate of drug-likeness (QED) is 0.365. The number of halogens is 2. The topological polar surface area (TPSA) is 76.4 Å². The number of aliphatic imine (C=N–C) groups is 1. The van der Waals surface area contributed by atoms with E-state index >= 15 is 0 Å². The Hall–Kier alpha value is -1.91. The molecule has 144 valence electrons. The van der Waals surface area contributed by atoms with Gasteiger partial charge in [-0.1, -0.05) is 13.0 Å². The van der Waals surface area contributed by atoms with Crippen molar-refractivity contribution in [1.82, 2.24) is 25.4 Å². The number of benzene rings is 1. The van der Waals surface area contributed by atoms with E-state index in [0.29, 0.717) is 24.8 Å². The van der Waals surface area contributed by atoms with Crippen LogP contribution in [0.3, 0.4) is 0 Å². The highest BCUT2D eigenvalue weighted by Gasteiger charge is 2.11. The van der Waals surface area contributed by atoms with Crippen LogP contribution in [0.25, 0.3) is 0 Å². The van der Waals surface area contributed by atoms with Gasteiger partial charge in [-0.2, -0.15) is 0 Å². The average molecular weight is 476 g/mol. The van der Waals surface area contributed by atoms with Crippen molar-refractivity contribution in [3.8, 4) is 5.75 Å². The molecule has 1 unspecified atom stereocenters. The lowest BCUT2D eigenvalue weighted by Crippen LogP contribution is -2.42. The van der Waals surface area contributed by atoms with Crippen LogP contribution in [0.15, 0.2) is 29.3 Å². The van der Waals surface area contributed by atoms with Gasteiger partial charge in [-0.25, -0.2) is 4.39 Å². The van der Waals surface area contributed by atoms with E-state index in [1.165, 1.54) is 12.1 Å². The molecule has 2 rings (SSSR count). The fourth-order valence-corrected chi connectivity index (χ4v) is 2.20. The average Bonchev–Trinajstić information content (AvgIpc) is 2.92. The molecule has 0 spiro atoms. The second kappa shape index (κ2) is 10.9. The van der Waals surface area contributed by atoms with Crippen LogP contribution in [0, 0.1) is 12.7 Å². The summed E-state index contributed by atoms with van der Waals surface area (Å²) in [7, 11) is 3.62. The van der Waals surface area contributed by atoms with Gasteiger partial charge in [0.15, 0.2) is 11.8 Å². The number of aryl methyl sites for hydroxylation is 1. The van der Waals surface area contributed by atoms with Crippen molar-refractivity contribution in [2.75, 3.05) is 13.6 Å². The molecule has 0 aliphatic heterocycles. The highest BCUT2D eigenvalue weighted by molar-refractivity contribution is 14.0. The number of ether oxygens (including phenoxy) is 1. The largest absolute Gasteiger partial charge is 0.489 e. The van der Waals surface area contributed by atoms with Gasteiger partial charge in [0.2, 0.25) is 0 Å². The maximum absolute atomic E-state index is 13.2. The lowest BCUT2D eigenvalue weighted by Gasteiger charge is -2.20. The van der Waals surface area contributed by atoms with Gasteiger partial charge >= 0.3 is 0 Å². The standard InChI is InChI=1S/C17H25FN6O.HI/c1-5-14(25-15-8-6-7-13(18)9-15)10-20-17(19-3)21-11-16-23-22-12(2)24(16)4;/h6-9,14H,5,10-11H2,1-4H3,(H2,19,20,21);1H. The molecule has 0 radical (unpaired) electrons. The summed E-state index contributed by atoms with van der Waals surface area (Å²) in [6.07, 6.45) is 0.681. The summed E-state index contributed by atoms with van der Waals surface area (Å²) in [5.41, 5.74) is 0. The molecule has 0 bridgehead atoms. The fourth-order valence-electron chi connectivity index (χ4n) is 2.20. The summed E-state index contributed by atoms with van der Waals surface area (Å²) in [5, 5.41) is 14.5. The second-order valence-electron chi connectivity index (χ2n) is 5.63. The number of nitrogens with zero attached hydrogens (tertiary/aromatic N) is 4. The third kappa shape index (κ3) is 6.43. The van der Waals surface area contributed by atoms with Crippen LogP contribution < -0.4 is 15.4 Å². The Morgan fingerprint density at radius 1 is 1.35 bits per heavy atom. The highest BCUT2D eigenvalue weighted by atomic mass is 127. The van der Waals surface area contributed by atoms with Gasteiger partial charge in [-0.15, -0.1) is 34.2 Å². The first-order valence-corrected chi connectivity index (χ1v) is 8.25. The van der Waals surface area contributed by atoms with E-state index in [1.807, 2.05) is 25.5 Å². The van der Waals surface area contributed by atoms with Crippen molar-refractivity contribution in [2.24, 2.45) is 12.0 Å². The molecular formula is C17H26FIN6O. The van der Waals surface area contributed by atoms with E-state index in [2.05, 4.69) is 25.8 Å². The predicted molar refractivity (Wildman–Crippen MR) is 110 cm³/mol. The van der Waals surface area contributed by atoms with Crippen molar-refractivity contribution in [3.05, 3.63) is 41.7 Å². The molecule has 0 fully saturated rings. The summed E-state index contributed by atoms with van der Waals surface area (Å²) in [4.78, 5) is 4.19. The molecule has 1 aromatic heterocycles. The van der Waals surface area contributed by atoms with Gasteiger partial charge in [-0.05, 0) is 25.5 Å². The number of nitrogens with one attached hydrogen (secondary N) is 2. The number of hydrogen-bond acceptors (Lipinski definition) is 4. The monoisotopic (exact) mass is 476 g/mol. The smallest absolute Gasteiger partial charge is 0.191 e. The summed E-state index contributed by atoms with van der Waals surface area (Å²) in [6, 6.07) is 6.15. The first kappa shape index (κ1) is 22.1. The van der Waals surface area contributed by atoms with E-state index < -0.39 is 0 Å². The van der Waals surface area contributed by atoms with Gasteiger partial charge in [0.1, 0.15) is 23.5 Å². The number of hydrogen-bond donors (Lipinski definition) is 2. The molecule has 0 saturated carbocycles. The Labute approximate surface area is 170 Å². The molecule has 26 heavy (non-hydrogen) atoms. The molecule has 2 aromatic rings. The Morgan fingerprint density at radius 2 is 2.12 bits per heavy atom. The normalized spacial score (nSPS) is 12.3. The SMILES string of the molecule is CCC(CNC(=NC)NCc1nnc(C)n1C)Oc1cccc(F)c1.I. The lowest BCUT2D eigenvalue weighted by molar-refractivity contribution is 0.198. The van der Waals surface area contributed by atoms with Crippen molar-refractivity contribution >= 4 is 29.9 Å². The second-order valence-corrected chi connectivity index (χ2v) is 5.63. The van der Waals surface area contributed by atoms with Crippen molar-refractivity contribution in [1.29, 1.82) is 0 Å². The molecule has 0 aliphatic rings. The van der Waals surface area contributed by atoms with Crippen LogP contribution in [0.2, 0.25) is 0 Å². The molecule has 0 aliphatic carbocycles. The van der Waals surface area contributed by atoms with Gasteiger partial charge in [0.25, 0.3) is 0 Å². The summed E-state index contributed by atoms with van der Waals surface area (Å²) in [6.45, 7) is 4.98. The van der Waals surface area contributed by atoms with Crippen LogP contribution in [0.4, 0.5) is 4.39 Å². The third-order valence-electron chi connectivity index (χ3n) is 3.87. The maximum atomic E-state index is 13.2. The Balaban J connectivity index is 0.00000338. The minimum absolute atomic E-state index is 0. The molecule has 2 N–H and O–H groups in total. The van der Waals surface area contributed by atoms with E-state index in [0.717, 1.165) is 18.1 Å². The van der Waals surface area contributed by atoms with E-state index in [-0.39, 0.29) is 35.9 Å². The molecular weight excluding hydrogens is 450 g/mol. The van der Waals surface area contributed by atoms with Crippen molar-refractivity contribution in [2.45, 2.75) is 32.9 Å². The molecule has 0 amide bonds. The zero-order valence-electron chi connectivity index (χ0n) is 15.5. The molecule has 0 saturated heterocycles. The van der Waals surface area contributed by atoms with Crippen LogP contribution >= 0.6 is 24.0 Å².